The first-order valence-corrected chi connectivity index (χ1v) is 3.73. The van der Waals surface area contributed by atoms with Crippen LogP contribution in [0.3, 0.4) is 0 Å². The van der Waals surface area contributed by atoms with Crippen molar-refractivity contribution in [3.05, 3.63) is 29.6 Å². The second-order valence-corrected chi connectivity index (χ2v) is 2.68. The van der Waals surface area contributed by atoms with Gasteiger partial charge in [-0.3, -0.25) is 9.78 Å². The third-order valence-corrected chi connectivity index (χ3v) is 1.76. The SMILES string of the molecule is CC(C(=O)O)c1cncc(C#N)c1. The molecule has 0 fully saturated rings. The molecule has 1 N–H and O–H groups in total. The first kappa shape index (κ1) is 9.20. The van der Waals surface area contributed by atoms with Crippen molar-refractivity contribution in [3.63, 3.8) is 0 Å². The number of nitrogens with zero attached hydrogens (tertiary/aromatic N) is 2. The standard InChI is InChI=1S/C9H8N2O2/c1-6(9(12)13)8-2-7(3-10)4-11-5-8/h2,4-6H,1H3,(H,12,13). The van der Waals surface area contributed by atoms with E-state index in [-0.39, 0.29) is 0 Å². The Balaban J connectivity index is 3.03. The zero-order valence-electron chi connectivity index (χ0n) is 7.06. The molecule has 1 aromatic heterocycles. The van der Waals surface area contributed by atoms with Gasteiger partial charge in [-0.15, -0.1) is 0 Å². The van der Waals surface area contributed by atoms with Gasteiger partial charge in [0.05, 0.1) is 11.5 Å². The molecule has 1 aromatic rings. The molecule has 4 nitrogen and oxygen atoms in total. The highest BCUT2D eigenvalue weighted by atomic mass is 16.4. The van der Waals surface area contributed by atoms with E-state index in [0.717, 1.165) is 0 Å². The lowest BCUT2D eigenvalue weighted by Crippen LogP contribution is -2.07. The number of aromatic nitrogens is 1. The molecule has 1 atom stereocenters. The Kier molecular flexibility index (Phi) is 2.60. The molecule has 0 aromatic carbocycles. The molecule has 0 saturated heterocycles. The maximum absolute atomic E-state index is 10.6. The van der Waals surface area contributed by atoms with Crippen molar-refractivity contribution in [2.24, 2.45) is 0 Å². The average Bonchev–Trinajstić information content (AvgIpc) is 2.16. The highest BCUT2D eigenvalue weighted by Crippen LogP contribution is 2.14. The van der Waals surface area contributed by atoms with Crippen LogP contribution in [-0.2, 0) is 4.79 Å². The van der Waals surface area contributed by atoms with Crippen molar-refractivity contribution in [1.29, 1.82) is 5.26 Å². The summed E-state index contributed by atoms with van der Waals surface area (Å²) in [4.78, 5) is 14.4. The van der Waals surface area contributed by atoms with Crippen LogP contribution >= 0.6 is 0 Å². The lowest BCUT2D eigenvalue weighted by molar-refractivity contribution is -0.138. The van der Waals surface area contributed by atoms with Crippen molar-refractivity contribution >= 4 is 5.97 Å². The molecule has 1 heterocycles. The van der Waals surface area contributed by atoms with E-state index in [9.17, 15) is 4.79 Å². The minimum Gasteiger partial charge on any atom is -0.481 e. The Morgan fingerprint density at radius 3 is 2.92 bits per heavy atom. The molecule has 0 spiro atoms. The smallest absolute Gasteiger partial charge is 0.310 e. The van der Waals surface area contributed by atoms with Gasteiger partial charge in [-0.1, -0.05) is 0 Å². The Bertz CT molecular complexity index is 368. The summed E-state index contributed by atoms with van der Waals surface area (Å²) in [5.41, 5.74) is 0.928. The Hall–Kier alpha value is -1.89. The molecular formula is C9H8N2O2. The third kappa shape index (κ3) is 2.03. The molecule has 0 amide bonds. The van der Waals surface area contributed by atoms with Gasteiger partial charge in [0.2, 0.25) is 0 Å². The van der Waals surface area contributed by atoms with Gasteiger partial charge in [0.15, 0.2) is 0 Å². The van der Waals surface area contributed by atoms with Crippen LogP contribution < -0.4 is 0 Å². The molecule has 0 radical (unpaired) electrons. The molecule has 0 bridgehead atoms. The Labute approximate surface area is 75.5 Å². The van der Waals surface area contributed by atoms with E-state index in [2.05, 4.69) is 4.98 Å². The molecular weight excluding hydrogens is 168 g/mol. The van der Waals surface area contributed by atoms with Crippen molar-refractivity contribution in [2.45, 2.75) is 12.8 Å². The van der Waals surface area contributed by atoms with Crippen LogP contribution in [0.25, 0.3) is 0 Å². The topological polar surface area (TPSA) is 74.0 Å². The highest BCUT2D eigenvalue weighted by Gasteiger charge is 2.13. The molecule has 0 aliphatic rings. The minimum atomic E-state index is -0.920. The summed E-state index contributed by atoms with van der Waals surface area (Å²) in [6.45, 7) is 1.56. The summed E-state index contributed by atoms with van der Waals surface area (Å²) >= 11 is 0. The summed E-state index contributed by atoms with van der Waals surface area (Å²) < 4.78 is 0. The molecule has 1 unspecified atom stereocenters. The zero-order chi connectivity index (χ0) is 9.84. The number of pyridine rings is 1. The molecule has 4 heteroatoms. The van der Waals surface area contributed by atoms with Gasteiger partial charge >= 0.3 is 5.97 Å². The van der Waals surface area contributed by atoms with E-state index in [1.54, 1.807) is 6.92 Å². The van der Waals surface area contributed by atoms with E-state index in [0.29, 0.717) is 11.1 Å². The summed E-state index contributed by atoms with van der Waals surface area (Å²) in [5, 5.41) is 17.2. The number of hydrogen-bond acceptors (Lipinski definition) is 3. The molecule has 0 aliphatic heterocycles. The van der Waals surface area contributed by atoms with Crippen LogP contribution in [0.2, 0.25) is 0 Å². The van der Waals surface area contributed by atoms with Gasteiger partial charge in [0.1, 0.15) is 6.07 Å². The maximum atomic E-state index is 10.6. The fraction of sp³-hybridized carbons (Fsp3) is 0.222. The summed E-state index contributed by atoms with van der Waals surface area (Å²) in [5.74, 6) is -1.54. The number of hydrogen-bond donors (Lipinski definition) is 1. The number of carboxylic acids is 1. The van der Waals surface area contributed by atoms with Crippen LogP contribution in [0.5, 0.6) is 0 Å². The average molecular weight is 176 g/mol. The highest BCUT2D eigenvalue weighted by molar-refractivity contribution is 5.75. The van der Waals surface area contributed by atoms with E-state index in [1.807, 2.05) is 6.07 Å². The molecule has 0 aliphatic carbocycles. The quantitative estimate of drug-likeness (QED) is 0.733. The van der Waals surface area contributed by atoms with Gasteiger partial charge in [-0.2, -0.15) is 5.26 Å². The van der Waals surface area contributed by atoms with Gasteiger partial charge in [0.25, 0.3) is 0 Å². The van der Waals surface area contributed by atoms with Gasteiger partial charge in [-0.05, 0) is 18.6 Å². The fourth-order valence-corrected chi connectivity index (χ4v) is 0.898. The number of carbonyl (C=O) groups is 1. The second kappa shape index (κ2) is 3.68. The predicted molar refractivity (Wildman–Crippen MR) is 45.0 cm³/mol. The lowest BCUT2D eigenvalue weighted by Gasteiger charge is -2.04. The summed E-state index contributed by atoms with van der Waals surface area (Å²) in [7, 11) is 0. The fourth-order valence-electron chi connectivity index (χ4n) is 0.898. The second-order valence-electron chi connectivity index (χ2n) is 2.68. The maximum Gasteiger partial charge on any atom is 0.310 e. The van der Waals surface area contributed by atoms with Crippen molar-refractivity contribution < 1.29 is 9.90 Å². The molecule has 1 rings (SSSR count). The van der Waals surface area contributed by atoms with E-state index in [4.69, 9.17) is 10.4 Å². The minimum absolute atomic E-state index is 0.380. The van der Waals surface area contributed by atoms with Crippen LogP contribution in [0, 0.1) is 11.3 Å². The normalized spacial score (nSPS) is 11.7. The Morgan fingerprint density at radius 2 is 2.38 bits per heavy atom. The molecule has 0 saturated carbocycles. The number of rotatable bonds is 2. The number of carboxylic acid groups (broad SMARTS) is 1. The molecule has 66 valence electrons. The first-order chi connectivity index (χ1) is 6.15. The number of nitriles is 1. The first-order valence-electron chi connectivity index (χ1n) is 3.73. The largest absolute Gasteiger partial charge is 0.481 e. The number of aliphatic carboxylic acids is 1. The van der Waals surface area contributed by atoms with Crippen LogP contribution in [0.15, 0.2) is 18.5 Å². The van der Waals surface area contributed by atoms with Gasteiger partial charge < -0.3 is 5.11 Å². The predicted octanol–water partition coefficient (Wildman–Crippen LogP) is 1.14. The van der Waals surface area contributed by atoms with E-state index < -0.39 is 11.9 Å². The summed E-state index contributed by atoms with van der Waals surface area (Å²) in [6, 6.07) is 3.44. The van der Waals surface area contributed by atoms with Crippen molar-refractivity contribution in [1.82, 2.24) is 4.98 Å². The Morgan fingerprint density at radius 1 is 1.69 bits per heavy atom. The van der Waals surface area contributed by atoms with Crippen LogP contribution in [0.1, 0.15) is 24.0 Å². The summed E-state index contributed by atoms with van der Waals surface area (Å²) in [6.07, 6.45) is 2.86. The van der Waals surface area contributed by atoms with Gasteiger partial charge in [-0.25, -0.2) is 0 Å². The van der Waals surface area contributed by atoms with Crippen molar-refractivity contribution in [2.75, 3.05) is 0 Å². The van der Waals surface area contributed by atoms with Gasteiger partial charge in [0, 0.05) is 12.4 Å². The van der Waals surface area contributed by atoms with Crippen LogP contribution in [-0.4, -0.2) is 16.1 Å². The third-order valence-electron chi connectivity index (χ3n) is 1.76. The van der Waals surface area contributed by atoms with E-state index >= 15 is 0 Å². The van der Waals surface area contributed by atoms with Crippen LogP contribution in [0.4, 0.5) is 0 Å². The molecule has 13 heavy (non-hydrogen) atoms. The lowest BCUT2D eigenvalue weighted by atomic mass is 10.0. The zero-order valence-corrected chi connectivity index (χ0v) is 7.06. The van der Waals surface area contributed by atoms with Crippen molar-refractivity contribution in [3.8, 4) is 6.07 Å². The van der Waals surface area contributed by atoms with E-state index in [1.165, 1.54) is 18.5 Å². The monoisotopic (exact) mass is 176 g/mol.